The number of nitrogens with two attached hydrogens (primary N) is 1. The highest BCUT2D eigenvalue weighted by molar-refractivity contribution is 5.81. The van der Waals surface area contributed by atoms with Crippen LogP contribution >= 0.6 is 0 Å². The first-order valence-electron chi connectivity index (χ1n) is 6.07. The number of rotatable bonds is 1. The molecule has 0 bridgehead atoms. The number of hydrogen-bond donors (Lipinski definition) is 1. The number of anilines is 1. The monoisotopic (exact) mass is 255 g/mol. The summed E-state index contributed by atoms with van der Waals surface area (Å²) >= 11 is 0. The maximum Gasteiger partial charge on any atom is 0.205 e. The molecule has 19 heavy (non-hydrogen) atoms. The van der Waals surface area contributed by atoms with Crippen LogP contribution in [-0.2, 0) is 0 Å². The summed E-state index contributed by atoms with van der Waals surface area (Å²) < 4.78 is 15.2. The van der Waals surface area contributed by atoms with Gasteiger partial charge < -0.3 is 5.73 Å². The average Bonchev–Trinajstić information content (AvgIpc) is 2.67. The van der Waals surface area contributed by atoms with Gasteiger partial charge in [0.05, 0.1) is 16.7 Å². The minimum atomic E-state index is -0.283. The average molecular weight is 255 g/mol. The Morgan fingerprint density at radius 2 is 1.89 bits per heavy atom. The van der Waals surface area contributed by atoms with E-state index >= 15 is 0 Å². The van der Waals surface area contributed by atoms with Crippen molar-refractivity contribution < 1.29 is 4.39 Å². The lowest BCUT2D eigenvalue weighted by Crippen LogP contribution is -2.03. The van der Waals surface area contributed by atoms with E-state index in [-0.39, 0.29) is 5.82 Å². The molecule has 0 aliphatic carbocycles. The Kier molecular flexibility index (Phi) is 2.52. The molecule has 0 aliphatic heterocycles. The molecule has 0 spiro atoms. The van der Waals surface area contributed by atoms with Crippen molar-refractivity contribution in [2.24, 2.45) is 0 Å². The van der Waals surface area contributed by atoms with Gasteiger partial charge in [0.25, 0.3) is 0 Å². The molecule has 2 aromatic carbocycles. The molecule has 1 heterocycles. The zero-order valence-electron chi connectivity index (χ0n) is 10.8. The number of halogens is 1. The van der Waals surface area contributed by atoms with Crippen LogP contribution in [0.5, 0.6) is 0 Å². The summed E-state index contributed by atoms with van der Waals surface area (Å²) in [6.45, 7) is 3.93. The number of aryl methyl sites for hydroxylation is 2. The third-order valence-electron chi connectivity index (χ3n) is 3.25. The third kappa shape index (κ3) is 1.85. The fourth-order valence-electron chi connectivity index (χ4n) is 2.29. The van der Waals surface area contributed by atoms with Crippen molar-refractivity contribution in [3.63, 3.8) is 0 Å². The number of nitrogens with zero attached hydrogens (tertiary/aromatic N) is 2. The van der Waals surface area contributed by atoms with Crippen molar-refractivity contribution in [1.82, 2.24) is 9.55 Å². The maximum atomic E-state index is 13.5. The summed E-state index contributed by atoms with van der Waals surface area (Å²) in [7, 11) is 0. The van der Waals surface area contributed by atoms with Crippen molar-refractivity contribution in [2.45, 2.75) is 13.8 Å². The Morgan fingerprint density at radius 3 is 2.68 bits per heavy atom. The number of hydrogen-bond acceptors (Lipinski definition) is 2. The van der Waals surface area contributed by atoms with Gasteiger partial charge in [0.1, 0.15) is 5.82 Å². The van der Waals surface area contributed by atoms with Gasteiger partial charge in [0.15, 0.2) is 0 Å². The molecule has 0 aliphatic rings. The van der Waals surface area contributed by atoms with Crippen molar-refractivity contribution in [3.05, 3.63) is 53.3 Å². The molecule has 0 saturated carbocycles. The van der Waals surface area contributed by atoms with E-state index in [1.807, 2.05) is 32.0 Å². The zero-order valence-corrected chi connectivity index (χ0v) is 10.8. The van der Waals surface area contributed by atoms with Gasteiger partial charge >= 0.3 is 0 Å². The molecule has 0 amide bonds. The smallest absolute Gasteiger partial charge is 0.205 e. The van der Waals surface area contributed by atoms with E-state index in [0.717, 1.165) is 27.8 Å². The molecule has 0 saturated heterocycles. The van der Waals surface area contributed by atoms with Crippen molar-refractivity contribution in [2.75, 3.05) is 5.73 Å². The summed E-state index contributed by atoms with van der Waals surface area (Å²) in [6.07, 6.45) is 0. The highest BCUT2D eigenvalue weighted by Gasteiger charge is 2.12. The zero-order chi connectivity index (χ0) is 13.6. The molecular formula is C15H14FN3. The van der Waals surface area contributed by atoms with Crippen LogP contribution in [0.4, 0.5) is 10.3 Å². The van der Waals surface area contributed by atoms with Gasteiger partial charge in [0.2, 0.25) is 5.95 Å². The minimum absolute atomic E-state index is 0.283. The van der Waals surface area contributed by atoms with Gasteiger partial charge in [-0.05, 0) is 49.2 Å². The fourth-order valence-corrected chi connectivity index (χ4v) is 2.29. The summed E-state index contributed by atoms with van der Waals surface area (Å²) in [4.78, 5) is 4.34. The van der Waals surface area contributed by atoms with E-state index < -0.39 is 0 Å². The molecule has 3 nitrogen and oxygen atoms in total. The van der Waals surface area contributed by atoms with Crippen LogP contribution in [0.25, 0.3) is 16.7 Å². The summed E-state index contributed by atoms with van der Waals surface area (Å²) in [5, 5.41) is 0. The second kappa shape index (κ2) is 4.09. The fraction of sp³-hybridized carbons (Fsp3) is 0.133. The van der Waals surface area contributed by atoms with Crippen LogP contribution < -0.4 is 5.73 Å². The van der Waals surface area contributed by atoms with Gasteiger partial charge in [-0.2, -0.15) is 0 Å². The predicted octanol–water partition coefficient (Wildman–Crippen LogP) is 3.36. The molecular weight excluding hydrogens is 241 g/mol. The number of benzene rings is 2. The van der Waals surface area contributed by atoms with Crippen LogP contribution in [0.2, 0.25) is 0 Å². The van der Waals surface area contributed by atoms with E-state index in [0.29, 0.717) is 5.95 Å². The lowest BCUT2D eigenvalue weighted by Gasteiger charge is -2.10. The second-order valence-corrected chi connectivity index (χ2v) is 4.73. The van der Waals surface area contributed by atoms with Crippen molar-refractivity contribution >= 4 is 17.0 Å². The van der Waals surface area contributed by atoms with Crippen LogP contribution in [0.3, 0.4) is 0 Å². The third-order valence-corrected chi connectivity index (χ3v) is 3.25. The molecule has 96 valence electrons. The quantitative estimate of drug-likeness (QED) is 0.724. The lowest BCUT2D eigenvalue weighted by molar-refractivity contribution is 0.626. The van der Waals surface area contributed by atoms with Crippen molar-refractivity contribution in [1.29, 1.82) is 0 Å². The molecule has 3 aromatic rings. The molecule has 0 radical (unpaired) electrons. The summed E-state index contributed by atoms with van der Waals surface area (Å²) in [5.41, 5.74) is 10.5. The van der Waals surface area contributed by atoms with E-state index in [4.69, 9.17) is 5.73 Å². The minimum Gasteiger partial charge on any atom is -0.369 e. The first-order chi connectivity index (χ1) is 9.06. The van der Waals surface area contributed by atoms with Gasteiger partial charge in [-0.25, -0.2) is 9.37 Å². The number of aromatic nitrogens is 2. The highest BCUT2D eigenvalue weighted by atomic mass is 19.1. The molecule has 0 atom stereocenters. The Morgan fingerprint density at radius 1 is 1.11 bits per heavy atom. The van der Waals surface area contributed by atoms with Crippen LogP contribution in [0, 0.1) is 19.7 Å². The predicted molar refractivity (Wildman–Crippen MR) is 74.9 cm³/mol. The summed E-state index contributed by atoms with van der Waals surface area (Å²) in [6, 6.07) is 10.6. The van der Waals surface area contributed by atoms with E-state index in [1.165, 1.54) is 12.1 Å². The number of fused-ring (bicyclic) bond motifs is 1. The second-order valence-electron chi connectivity index (χ2n) is 4.73. The van der Waals surface area contributed by atoms with Gasteiger partial charge in [-0.15, -0.1) is 0 Å². The van der Waals surface area contributed by atoms with Gasteiger partial charge in [0, 0.05) is 0 Å². The van der Waals surface area contributed by atoms with Crippen LogP contribution in [0.15, 0.2) is 36.4 Å². The molecule has 1 aromatic heterocycles. The Balaban J connectivity index is 2.36. The first kappa shape index (κ1) is 11.7. The van der Waals surface area contributed by atoms with Gasteiger partial charge in [-0.3, -0.25) is 4.57 Å². The molecule has 0 unspecified atom stereocenters. The topological polar surface area (TPSA) is 43.8 Å². The lowest BCUT2D eigenvalue weighted by atomic mass is 10.1. The van der Waals surface area contributed by atoms with Crippen LogP contribution in [-0.4, -0.2) is 9.55 Å². The van der Waals surface area contributed by atoms with Crippen molar-refractivity contribution in [3.8, 4) is 5.69 Å². The SMILES string of the molecule is Cc1ccc2c(c1)nc(N)n2-c1cc(F)ccc1C. The number of nitrogen functional groups attached to an aromatic ring is 1. The normalized spacial score (nSPS) is 11.1. The maximum absolute atomic E-state index is 13.5. The molecule has 3 rings (SSSR count). The van der Waals surface area contributed by atoms with E-state index in [9.17, 15) is 4.39 Å². The Hall–Kier alpha value is -2.36. The Bertz CT molecular complexity index is 774. The molecule has 2 N–H and O–H groups in total. The van der Waals surface area contributed by atoms with E-state index in [2.05, 4.69) is 4.98 Å². The highest BCUT2D eigenvalue weighted by Crippen LogP contribution is 2.26. The van der Waals surface area contributed by atoms with Gasteiger partial charge in [-0.1, -0.05) is 12.1 Å². The first-order valence-corrected chi connectivity index (χ1v) is 6.07. The summed E-state index contributed by atoms with van der Waals surface area (Å²) in [5.74, 6) is 0.0864. The number of imidazole rings is 1. The largest absolute Gasteiger partial charge is 0.369 e. The molecule has 4 heteroatoms. The molecule has 0 fully saturated rings. The standard InChI is InChI=1S/C15H14FN3/c1-9-3-6-13-12(7-9)18-15(17)19(13)14-8-11(16)5-4-10(14)2/h3-8H,1-2H3,(H2,17,18). The Labute approximate surface area is 110 Å². The van der Waals surface area contributed by atoms with Crippen LogP contribution in [0.1, 0.15) is 11.1 Å². The van der Waals surface area contributed by atoms with E-state index in [1.54, 1.807) is 10.6 Å².